The molecule has 0 radical (unpaired) electrons. The number of thioether (sulfide) groups is 1. The lowest BCUT2D eigenvalue weighted by Gasteiger charge is -2.41. The van der Waals surface area contributed by atoms with E-state index in [-0.39, 0.29) is 23.2 Å². The van der Waals surface area contributed by atoms with Crippen molar-refractivity contribution in [1.29, 1.82) is 0 Å². The summed E-state index contributed by atoms with van der Waals surface area (Å²) in [4.78, 5) is 33.1. The zero-order valence-electron chi connectivity index (χ0n) is 22.1. The Morgan fingerprint density at radius 1 is 1.00 bits per heavy atom. The molecule has 2 fully saturated rings. The number of hydrogen-bond donors (Lipinski definition) is 1. The number of nitrogens with one attached hydrogen (secondary N) is 1. The van der Waals surface area contributed by atoms with Crippen molar-refractivity contribution in [3.05, 3.63) is 63.8 Å². The number of hydrogen-bond acceptors (Lipinski definition) is 8. The van der Waals surface area contributed by atoms with Crippen LogP contribution in [0.3, 0.4) is 0 Å². The van der Waals surface area contributed by atoms with Gasteiger partial charge in [0.15, 0.2) is 11.5 Å². The minimum atomic E-state index is -0.657. The van der Waals surface area contributed by atoms with Crippen LogP contribution in [0.25, 0.3) is 11.1 Å². The summed E-state index contributed by atoms with van der Waals surface area (Å²) in [5.41, 5.74) is 3.56. The number of fused-ring (bicyclic) bond motifs is 1. The van der Waals surface area contributed by atoms with Crippen molar-refractivity contribution in [2.45, 2.75) is 25.9 Å². The Morgan fingerprint density at radius 2 is 1.70 bits per heavy atom. The SMILES string of the molecule is CC1(C)C=C(CN2CCN(Cc3ccc4c(c3)OCO4)CC2)c2cc(F)cc3c2N1C(=O)/C3=C1\SC(=S)NC1=O. The number of piperazine rings is 1. The summed E-state index contributed by atoms with van der Waals surface area (Å²) in [6.45, 7) is 9.24. The number of nitrogens with zero attached hydrogens (tertiary/aromatic N) is 3. The van der Waals surface area contributed by atoms with E-state index in [0.29, 0.717) is 27.7 Å². The summed E-state index contributed by atoms with van der Waals surface area (Å²) >= 11 is 6.21. The fourth-order valence-electron chi connectivity index (χ4n) is 6.20. The average Bonchev–Trinajstić information content (AvgIpc) is 3.58. The van der Waals surface area contributed by atoms with Crippen LogP contribution in [-0.4, -0.2) is 71.0 Å². The molecule has 5 heterocycles. The quantitative estimate of drug-likeness (QED) is 0.435. The fourth-order valence-corrected chi connectivity index (χ4v) is 7.31. The number of carbonyl (C=O) groups is 2. The van der Waals surface area contributed by atoms with E-state index in [2.05, 4.69) is 27.3 Å². The van der Waals surface area contributed by atoms with Gasteiger partial charge in [-0.25, -0.2) is 4.39 Å². The van der Waals surface area contributed by atoms with Crippen LogP contribution in [0.1, 0.15) is 30.5 Å². The van der Waals surface area contributed by atoms with E-state index in [9.17, 15) is 9.59 Å². The highest BCUT2D eigenvalue weighted by Crippen LogP contribution is 2.52. The molecule has 206 valence electrons. The molecule has 1 N–H and O–H groups in total. The molecule has 2 saturated heterocycles. The first-order chi connectivity index (χ1) is 19.2. The molecule has 0 aliphatic carbocycles. The molecule has 40 heavy (non-hydrogen) atoms. The van der Waals surface area contributed by atoms with E-state index >= 15 is 4.39 Å². The van der Waals surface area contributed by atoms with Crippen molar-refractivity contribution in [2.75, 3.05) is 44.4 Å². The molecule has 0 aromatic heterocycles. The van der Waals surface area contributed by atoms with Crippen LogP contribution in [0.15, 0.2) is 41.3 Å². The minimum absolute atomic E-state index is 0.220. The summed E-state index contributed by atoms with van der Waals surface area (Å²) in [5, 5.41) is 2.58. The van der Waals surface area contributed by atoms with Crippen molar-refractivity contribution in [1.82, 2.24) is 15.1 Å². The Labute approximate surface area is 240 Å². The number of ether oxygens (including phenoxy) is 2. The topological polar surface area (TPSA) is 74.3 Å². The van der Waals surface area contributed by atoms with Gasteiger partial charge in [0.2, 0.25) is 6.79 Å². The Hall–Kier alpha value is -3.25. The van der Waals surface area contributed by atoms with Crippen molar-refractivity contribution in [3.63, 3.8) is 0 Å². The number of rotatable bonds is 4. The summed E-state index contributed by atoms with van der Waals surface area (Å²) in [6, 6.07) is 8.96. The predicted octanol–water partition coefficient (Wildman–Crippen LogP) is 3.75. The summed E-state index contributed by atoms with van der Waals surface area (Å²) in [5.74, 6) is 0.430. The second kappa shape index (κ2) is 9.41. The third-order valence-corrected chi connectivity index (χ3v) is 9.21. The lowest BCUT2D eigenvalue weighted by Crippen LogP contribution is -2.49. The van der Waals surface area contributed by atoms with Crippen molar-refractivity contribution in [2.24, 2.45) is 0 Å². The van der Waals surface area contributed by atoms with Gasteiger partial charge in [-0.15, -0.1) is 0 Å². The summed E-state index contributed by atoms with van der Waals surface area (Å²) in [6.07, 6.45) is 2.07. The fraction of sp³-hybridized carbons (Fsp3) is 0.345. The zero-order valence-corrected chi connectivity index (χ0v) is 23.7. The number of halogens is 1. The molecule has 0 atom stereocenters. The van der Waals surface area contributed by atoms with Gasteiger partial charge in [-0.05, 0) is 49.2 Å². The molecule has 0 unspecified atom stereocenters. The second-order valence-corrected chi connectivity index (χ2v) is 12.8. The maximum absolute atomic E-state index is 15.1. The van der Waals surface area contributed by atoms with Crippen LogP contribution in [0, 0.1) is 5.82 Å². The Morgan fingerprint density at radius 3 is 2.42 bits per heavy atom. The van der Waals surface area contributed by atoms with Gasteiger partial charge < -0.3 is 14.8 Å². The van der Waals surface area contributed by atoms with Gasteiger partial charge >= 0.3 is 0 Å². The highest BCUT2D eigenvalue weighted by Gasteiger charge is 2.48. The summed E-state index contributed by atoms with van der Waals surface area (Å²) < 4.78 is 26.3. The van der Waals surface area contributed by atoms with Crippen LogP contribution in [0.2, 0.25) is 0 Å². The molecule has 0 spiro atoms. The standard InChI is InChI=1S/C29H27FN4O4S2/c1-29(2)12-17(14-33-7-5-32(6-8-33)13-16-3-4-21-22(9-16)38-15-37-21)19-10-18(30)11-20-23(27(36)34(29)24(19)20)25-26(35)31-28(39)40-25/h3-4,9-12H,5-8,13-15H2,1-2H3,(H,31,35,39)/b25-23-. The number of thiocarbonyl (C=S) groups is 1. The third-order valence-electron chi connectivity index (χ3n) is 7.98. The molecular weight excluding hydrogens is 551 g/mol. The van der Waals surface area contributed by atoms with Crippen LogP contribution in [0.4, 0.5) is 10.1 Å². The van der Waals surface area contributed by atoms with Gasteiger partial charge in [0, 0.05) is 50.4 Å². The first-order valence-corrected chi connectivity index (χ1v) is 14.4. The van der Waals surface area contributed by atoms with Gasteiger partial charge in [0.05, 0.1) is 21.7 Å². The van der Waals surface area contributed by atoms with E-state index in [1.54, 1.807) is 4.90 Å². The van der Waals surface area contributed by atoms with Crippen molar-refractivity contribution in [3.8, 4) is 11.5 Å². The molecule has 2 aromatic rings. The molecule has 5 aliphatic heterocycles. The number of benzene rings is 2. The number of carbonyl (C=O) groups excluding carboxylic acids is 2. The van der Waals surface area contributed by atoms with E-state index in [1.165, 1.54) is 17.7 Å². The monoisotopic (exact) mass is 578 g/mol. The minimum Gasteiger partial charge on any atom is -0.454 e. The number of anilines is 1. The van der Waals surface area contributed by atoms with Crippen LogP contribution >= 0.6 is 24.0 Å². The molecule has 11 heteroatoms. The van der Waals surface area contributed by atoms with Crippen LogP contribution in [-0.2, 0) is 16.1 Å². The largest absolute Gasteiger partial charge is 0.454 e. The average molecular weight is 579 g/mol. The van der Waals surface area contributed by atoms with Gasteiger partial charge in [-0.3, -0.25) is 24.3 Å². The van der Waals surface area contributed by atoms with Crippen LogP contribution in [0.5, 0.6) is 11.5 Å². The van der Waals surface area contributed by atoms with Crippen molar-refractivity contribution < 1.29 is 23.5 Å². The highest BCUT2D eigenvalue weighted by atomic mass is 32.2. The Balaban J connectivity index is 1.13. The first-order valence-electron chi connectivity index (χ1n) is 13.2. The maximum Gasteiger partial charge on any atom is 0.264 e. The second-order valence-electron chi connectivity index (χ2n) is 11.1. The lowest BCUT2D eigenvalue weighted by molar-refractivity contribution is -0.116. The van der Waals surface area contributed by atoms with Gasteiger partial charge in [-0.2, -0.15) is 0 Å². The molecule has 8 nitrogen and oxygen atoms in total. The zero-order chi connectivity index (χ0) is 27.8. The first kappa shape index (κ1) is 25.7. The maximum atomic E-state index is 15.1. The summed E-state index contributed by atoms with van der Waals surface area (Å²) in [7, 11) is 0. The smallest absolute Gasteiger partial charge is 0.264 e. The molecule has 7 rings (SSSR count). The Kier molecular flexibility index (Phi) is 6.04. The molecule has 0 bridgehead atoms. The molecule has 2 amide bonds. The Bertz CT molecular complexity index is 1560. The van der Waals surface area contributed by atoms with E-state index in [0.717, 1.165) is 61.6 Å². The third kappa shape index (κ3) is 4.23. The lowest BCUT2D eigenvalue weighted by atomic mass is 9.87. The number of amides is 2. The van der Waals surface area contributed by atoms with Crippen LogP contribution < -0.4 is 19.7 Å². The molecular formula is C29H27FN4O4S2. The molecule has 0 saturated carbocycles. The van der Waals surface area contributed by atoms with Crippen molar-refractivity contribution >= 4 is 56.9 Å². The van der Waals surface area contributed by atoms with Gasteiger partial charge in [0.1, 0.15) is 10.1 Å². The van der Waals surface area contributed by atoms with E-state index in [4.69, 9.17) is 21.7 Å². The normalized spacial score (nSPS) is 23.5. The van der Waals surface area contributed by atoms with Gasteiger partial charge in [-0.1, -0.05) is 36.1 Å². The van der Waals surface area contributed by atoms with E-state index in [1.807, 2.05) is 26.0 Å². The van der Waals surface area contributed by atoms with E-state index < -0.39 is 17.3 Å². The molecule has 5 aliphatic rings. The van der Waals surface area contributed by atoms with Gasteiger partial charge in [0.25, 0.3) is 11.8 Å². The molecule has 2 aromatic carbocycles. The predicted molar refractivity (Wildman–Crippen MR) is 155 cm³/mol. The highest BCUT2D eigenvalue weighted by molar-refractivity contribution is 8.27.